The molecule has 0 aliphatic carbocycles. The van der Waals surface area contributed by atoms with Crippen molar-refractivity contribution in [3.8, 4) is 11.6 Å². The fraction of sp³-hybridized carbons (Fsp3) is 0.385. The van der Waals surface area contributed by atoms with Crippen LogP contribution in [0, 0.1) is 6.92 Å². The third kappa shape index (κ3) is 7.49. The zero-order chi connectivity index (χ0) is 28.9. The SMILES string of the molecule is Cc1ncc(COCC(NC(=O)c2cccnc2Oc2ccc(C(F)(F)F)cc2Cl)C(=O)N2CCN(C)CC2)o1. The highest BCUT2D eigenvalue weighted by atomic mass is 35.5. The van der Waals surface area contributed by atoms with Gasteiger partial charge in [-0.3, -0.25) is 9.59 Å². The number of ether oxygens (including phenoxy) is 2. The maximum Gasteiger partial charge on any atom is 0.416 e. The third-order valence-corrected chi connectivity index (χ3v) is 6.39. The molecule has 1 saturated heterocycles. The van der Waals surface area contributed by atoms with Gasteiger partial charge < -0.3 is 29.0 Å². The molecule has 1 aliphatic rings. The van der Waals surface area contributed by atoms with E-state index in [2.05, 4.69) is 20.2 Å². The molecule has 3 heterocycles. The number of oxazole rings is 1. The first kappa shape index (κ1) is 29.3. The minimum Gasteiger partial charge on any atom is -0.444 e. The van der Waals surface area contributed by atoms with Gasteiger partial charge in [0.15, 0.2) is 5.89 Å². The van der Waals surface area contributed by atoms with Gasteiger partial charge in [0.1, 0.15) is 29.7 Å². The summed E-state index contributed by atoms with van der Waals surface area (Å²) < 4.78 is 55.7. The molecule has 0 bridgehead atoms. The summed E-state index contributed by atoms with van der Waals surface area (Å²) in [5.74, 6) is -0.422. The predicted molar refractivity (Wildman–Crippen MR) is 137 cm³/mol. The van der Waals surface area contributed by atoms with Crippen molar-refractivity contribution < 1.29 is 36.7 Å². The molecule has 1 atom stereocenters. The Balaban J connectivity index is 1.50. The summed E-state index contributed by atoms with van der Waals surface area (Å²) in [6, 6.07) is 4.41. The van der Waals surface area contributed by atoms with Crippen LogP contribution in [0.5, 0.6) is 11.6 Å². The van der Waals surface area contributed by atoms with E-state index in [1.807, 2.05) is 7.05 Å². The lowest BCUT2D eigenvalue weighted by atomic mass is 10.2. The van der Waals surface area contributed by atoms with E-state index in [1.54, 1.807) is 11.8 Å². The van der Waals surface area contributed by atoms with Crippen molar-refractivity contribution >= 4 is 23.4 Å². The summed E-state index contributed by atoms with van der Waals surface area (Å²) in [6.45, 7) is 3.90. The van der Waals surface area contributed by atoms with Crippen molar-refractivity contribution in [3.05, 3.63) is 70.5 Å². The van der Waals surface area contributed by atoms with Crippen LogP contribution >= 0.6 is 11.6 Å². The Morgan fingerprint density at radius 1 is 1.18 bits per heavy atom. The monoisotopic (exact) mass is 581 g/mol. The standard InChI is InChI=1S/C26H27ClF3N5O5/c1-16-32-13-18(39-16)14-38-15-21(25(37)35-10-8-34(2)9-11-35)33-23(36)19-4-3-7-31-24(19)40-22-6-5-17(12-20(22)27)26(28,29)30/h3-7,12-13,21H,8-11,14-15H2,1-2H3,(H,33,36). The van der Waals surface area contributed by atoms with E-state index in [9.17, 15) is 22.8 Å². The topological polar surface area (TPSA) is 110 Å². The largest absolute Gasteiger partial charge is 0.444 e. The molecule has 0 radical (unpaired) electrons. The fourth-order valence-electron chi connectivity index (χ4n) is 3.92. The summed E-state index contributed by atoms with van der Waals surface area (Å²) in [4.78, 5) is 38.5. The number of halogens is 4. The van der Waals surface area contributed by atoms with Gasteiger partial charge in [-0.2, -0.15) is 13.2 Å². The first-order valence-electron chi connectivity index (χ1n) is 12.3. The number of aryl methyl sites for hydroxylation is 1. The number of alkyl halides is 3. The van der Waals surface area contributed by atoms with E-state index >= 15 is 0 Å². The molecule has 2 aromatic heterocycles. The molecule has 1 aliphatic heterocycles. The Kier molecular flexibility index (Phi) is 9.28. The molecular weight excluding hydrogens is 555 g/mol. The second kappa shape index (κ2) is 12.7. The molecule has 0 saturated carbocycles. The highest BCUT2D eigenvalue weighted by Crippen LogP contribution is 2.36. The number of carbonyl (C=O) groups excluding carboxylic acids is 2. The van der Waals surface area contributed by atoms with Crippen molar-refractivity contribution in [1.82, 2.24) is 25.1 Å². The van der Waals surface area contributed by atoms with Crippen LogP contribution in [0.2, 0.25) is 5.02 Å². The minimum atomic E-state index is -4.59. The number of amides is 2. The van der Waals surface area contributed by atoms with Crippen LogP contribution in [0.15, 0.2) is 47.1 Å². The van der Waals surface area contributed by atoms with Gasteiger partial charge in [-0.25, -0.2) is 9.97 Å². The number of nitrogens with one attached hydrogen (secondary N) is 1. The summed E-state index contributed by atoms with van der Waals surface area (Å²) in [5.41, 5.74) is -1.00. The highest BCUT2D eigenvalue weighted by molar-refractivity contribution is 6.32. The van der Waals surface area contributed by atoms with Gasteiger partial charge in [0.25, 0.3) is 5.91 Å². The smallest absolute Gasteiger partial charge is 0.416 e. The number of likely N-dealkylation sites (N-methyl/N-ethyl adjacent to an activating group) is 1. The Bertz CT molecular complexity index is 1340. The maximum atomic E-state index is 13.4. The number of rotatable bonds is 9. The van der Waals surface area contributed by atoms with Crippen LogP contribution < -0.4 is 10.1 Å². The zero-order valence-corrected chi connectivity index (χ0v) is 22.5. The van der Waals surface area contributed by atoms with Crippen molar-refractivity contribution in [3.63, 3.8) is 0 Å². The molecule has 1 aromatic carbocycles. The normalized spacial score (nSPS) is 15.1. The first-order chi connectivity index (χ1) is 19.0. The van der Waals surface area contributed by atoms with Gasteiger partial charge in [0, 0.05) is 39.3 Å². The van der Waals surface area contributed by atoms with E-state index in [1.165, 1.54) is 24.5 Å². The summed E-state index contributed by atoms with van der Waals surface area (Å²) >= 11 is 6.01. The average molecular weight is 582 g/mol. The van der Waals surface area contributed by atoms with Gasteiger partial charge in [0.05, 0.1) is 23.4 Å². The van der Waals surface area contributed by atoms with Gasteiger partial charge in [-0.05, 0) is 37.4 Å². The number of carbonyl (C=O) groups is 2. The highest BCUT2D eigenvalue weighted by Gasteiger charge is 2.32. The maximum absolute atomic E-state index is 13.4. The zero-order valence-electron chi connectivity index (χ0n) is 21.7. The Labute approximate surface area is 233 Å². The average Bonchev–Trinajstić information content (AvgIpc) is 3.33. The Morgan fingerprint density at radius 2 is 1.93 bits per heavy atom. The molecule has 14 heteroatoms. The molecule has 3 aromatic rings. The quantitative estimate of drug-likeness (QED) is 0.405. The van der Waals surface area contributed by atoms with E-state index < -0.39 is 23.7 Å². The molecule has 40 heavy (non-hydrogen) atoms. The molecule has 4 rings (SSSR count). The molecular formula is C26H27ClF3N5O5. The van der Waals surface area contributed by atoms with Crippen LogP contribution in [0.4, 0.5) is 13.2 Å². The predicted octanol–water partition coefficient (Wildman–Crippen LogP) is 3.93. The number of piperazine rings is 1. The van der Waals surface area contributed by atoms with Gasteiger partial charge in [0.2, 0.25) is 11.8 Å². The van der Waals surface area contributed by atoms with Crippen molar-refractivity contribution in [1.29, 1.82) is 0 Å². The van der Waals surface area contributed by atoms with Gasteiger partial charge in [-0.15, -0.1) is 0 Å². The lowest BCUT2D eigenvalue weighted by molar-refractivity contribution is -0.138. The summed E-state index contributed by atoms with van der Waals surface area (Å²) in [7, 11) is 1.95. The molecule has 1 unspecified atom stereocenters. The number of benzene rings is 1. The number of hydrogen-bond donors (Lipinski definition) is 1. The first-order valence-corrected chi connectivity index (χ1v) is 12.7. The van der Waals surface area contributed by atoms with Crippen LogP contribution in [0.25, 0.3) is 0 Å². The van der Waals surface area contributed by atoms with E-state index in [0.717, 1.165) is 18.2 Å². The van der Waals surface area contributed by atoms with Gasteiger partial charge >= 0.3 is 6.18 Å². The molecule has 1 N–H and O–H groups in total. The molecule has 10 nitrogen and oxygen atoms in total. The molecule has 214 valence electrons. The lowest BCUT2D eigenvalue weighted by Crippen LogP contribution is -2.55. The van der Waals surface area contributed by atoms with Gasteiger partial charge in [-0.1, -0.05) is 11.6 Å². The molecule has 0 spiro atoms. The number of aromatic nitrogens is 2. The van der Waals surface area contributed by atoms with E-state index in [4.69, 9.17) is 25.5 Å². The number of nitrogens with zero attached hydrogens (tertiary/aromatic N) is 4. The third-order valence-electron chi connectivity index (χ3n) is 6.10. The molecule has 2 amide bonds. The second-order valence-electron chi connectivity index (χ2n) is 9.12. The Morgan fingerprint density at radius 3 is 2.58 bits per heavy atom. The minimum absolute atomic E-state index is 0.0386. The van der Waals surface area contributed by atoms with Crippen LogP contribution in [0.1, 0.15) is 27.6 Å². The van der Waals surface area contributed by atoms with Crippen molar-refractivity contribution in [2.45, 2.75) is 25.7 Å². The summed E-state index contributed by atoms with van der Waals surface area (Å²) in [6.07, 6.45) is -1.73. The molecule has 1 fully saturated rings. The van der Waals surface area contributed by atoms with Crippen LogP contribution in [0.3, 0.4) is 0 Å². The Hall–Kier alpha value is -3.68. The van der Waals surface area contributed by atoms with Crippen molar-refractivity contribution in [2.75, 3.05) is 39.8 Å². The fourth-order valence-corrected chi connectivity index (χ4v) is 4.14. The second-order valence-corrected chi connectivity index (χ2v) is 9.52. The summed E-state index contributed by atoms with van der Waals surface area (Å²) in [5, 5.41) is 2.37. The number of hydrogen-bond acceptors (Lipinski definition) is 8. The van der Waals surface area contributed by atoms with E-state index in [0.29, 0.717) is 37.8 Å². The van der Waals surface area contributed by atoms with E-state index in [-0.39, 0.29) is 41.3 Å². The van der Waals surface area contributed by atoms with Crippen molar-refractivity contribution in [2.24, 2.45) is 0 Å². The number of pyridine rings is 1. The van der Waals surface area contributed by atoms with Crippen LogP contribution in [-0.2, 0) is 22.3 Å². The van der Waals surface area contributed by atoms with Crippen LogP contribution in [-0.4, -0.2) is 77.5 Å². The lowest BCUT2D eigenvalue weighted by Gasteiger charge is -2.34.